The molecule has 14 heteroatoms. The van der Waals surface area contributed by atoms with Crippen LogP contribution in [0.2, 0.25) is 0 Å². The molecule has 0 bridgehead atoms. The number of esters is 1. The lowest BCUT2D eigenvalue weighted by Gasteiger charge is -2.55. The summed E-state index contributed by atoms with van der Waals surface area (Å²) in [7, 11) is 1.24. The van der Waals surface area contributed by atoms with Gasteiger partial charge in [-0.25, -0.2) is 9.48 Å². The number of nitrogens with one attached hydrogen (secondary N) is 1. The lowest BCUT2D eigenvalue weighted by atomic mass is 9.98. The van der Waals surface area contributed by atoms with E-state index in [4.69, 9.17) is 9.47 Å². The van der Waals surface area contributed by atoms with Crippen molar-refractivity contribution in [2.24, 2.45) is 0 Å². The molecule has 2 aliphatic rings. The van der Waals surface area contributed by atoms with Crippen molar-refractivity contribution < 1.29 is 33.8 Å². The number of ether oxygens (including phenoxy) is 2. The normalized spacial score (nSPS) is 23.7. The van der Waals surface area contributed by atoms with Crippen LogP contribution in [0.1, 0.15) is 6.92 Å². The van der Waals surface area contributed by atoms with Crippen molar-refractivity contribution in [2.75, 3.05) is 19.5 Å². The molecule has 1 aromatic rings. The Hall–Kier alpha value is -3.00. The number of amides is 2. The van der Waals surface area contributed by atoms with Crippen LogP contribution in [0.5, 0.6) is 0 Å². The van der Waals surface area contributed by atoms with Crippen LogP contribution in [0.25, 0.3) is 0 Å². The molecule has 2 amide bonds. The second kappa shape index (κ2) is 7.55. The topological polar surface area (TPSA) is 166 Å². The molecule has 0 aliphatic carbocycles. The van der Waals surface area contributed by atoms with Crippen LogP contribution in [0.3, 0.4) is 0 Å². The average molecular weight is 412 g/mol. The first kappa shape index (κ1) is 19.8. The number of hydrogen-bond acceptors (Lipinski definition) is 10. The standard InChI is InChI=1S/C14H16N6O7S/c1-7(21)27-4-8-5-28-13-14(26-2,12(25)20(13)10(8)11(23)24)16-9(22)3-19-6-15-17-18-19/h6,13H,3-5H2,1-2H3,(H,16,22)(H,23,24)/t13-,14?/m1/s1. The molecule has 13 nitrogen and oxygen atoms in total. The Balaban J connectivity index is 1.81. The molecule has 150 valence electrons. The number of tetrazole rings is 1. The van der Waals surface area contributed by atoms with Crippen molar-refractivity contribution in [3.63, 3.8) is 0 Å². The average Bonchev–Trinajstić information content (AvgIpc) is 3.15. The summed E-state index contributed by atoms with van der Waals surface area (Å²) >= 11 is 1.18. The molecule has 0 saturated carbocycles. The fourth-order valence-electron chi connectivity index (χ4n) is 2.89. The Kier molecular flexibility index (Phi) is 5.33. The summed E-state index contributed by atoms with van der Waals surface area (Å²) in [6.07, 6.45) is 1.23. The van der Waals surface area contributed by atoms with E-state index in [1.807, 2.05) is 0 Å². The molecule has 1 fully saturated rings. The zero-order chi connectivity index (χ0) is 20.5. The minimum Gasteiger partial charge on any atom is -0.477 e. The molecule has 1 unspecified atom stereocenters. The quantitative estimate of drug-likeness (QED) is 0.287. The first-order chi connectivity index (χ1) is 13.3. The fourth-order valence-corrected chi connectivity index (χ4v) is 4.31. The summed E-state index contributed by atoms with van der Waals surface area (Å²) in [5.74, 6) is -3.06. The number of carboxylic acids is 1. The zero-order valence-corrected chi connectivity index (χ0v) is 15.6. The lowest BCUT2D eigenvalue weighted by Crippen LogP contribution is -2.80. The summed E-state index contributed by atoms with van der Waals surface area (Å²) < 4.78 is 11.3. The minimum atomic E-state index is -1.72. The Bertz CT molecular complexity index is 856. The van der Waals surface area contributed by atoms with Gasteiger partial charge in [0.05, 0.1) is 0 Å². The van der Waals surface area contributed by atoms with Gasteiger partial charge in [0.1, 0.15) is 30.5 Å². The second-order valence-electron chi connectivity index (χ2n) is 5.87. The predicted molar refractivity (Wildman–Crippen MR) is 90.1 cm³/mol. The third-order valence-corrected chi connectivity index (χ3v) is 5.48. The van der Waals surface area contributed by atoms with Gasteiger partial charge in [-0.2, -0.15) is 0 Å². The number of aromatic nitrogens is 4. The Labute approximate surface area is 162 Å². The summed E-state index contributed by atoms with van der Waals surface area (Å²) in [5, 5.41) is 21.6. The van der Waals surface area contributed by atoms with Crippen LogP contribution in [0, 0.1) is 0 Å². The molecule has 2 N–H and O–H groups in total. The third kappa shape index (κ3) is 3.31. The highest BCUT2D eigenvalue weighted by molar-refractivity contribution is 8.00. The summed E-state index contributed by atoms with van der Waals surface area (Å²) in [6.45, 7) is 0.707. The highest BCUT2D eigenvalue weighted by Crippen LogP contribution is 2.46. The molecule has 0 radical (unpaired) electrons. The number of fused-ring (bicyclic) bond motifs is 1. The fraction of sp³-hybridized carbons (Fsp3) is 0.500. The SMILES string of the molecule is COC1(NC(=O)Cn2cnnn2)C(=O)N2C(C(=O)O)=C(COC(C)=O)CS[C@@H]21. The molecular weight excluding hydrogens is 396 g/mol. The van der Waals surface area contributed by atoms with Crippen LogP contribution < -0.4 is 5.32 Å². The Morgan fingerprint density at radius 3 is 2.79 bits per heavy atom. The zero-order valence-electron chi connectivity index (χ0n) is 14.8. The first-order valence-corrected chi connectivity index (χ1v) is 8.96. The van der Waals surface area contributed by atoms with Gasteiger partial charge in [0.15, 0.2) is 0 Å². The minimum absolute atomic E-state index is 0.178. The number of thioether (sulfide) groups is 1. The van der Waals surface area contributed by atoms with Crippen LogP contribution in [0.4, 0.5) is 0 Å². The van der Waals surface area contributed by atoms with Gasteiger partial charge < -0.3 is 19.9 Å². The Morgan fingerprint density at radius 1 is 1.46 bits per heavy atom. The van der Waals surface area contributed by atoms with Crippen molar-refractivity contribution >= 4 is 35.5 Å². The van der Waals surface area contributed by atoms with Gasteiger partial charge in [0.2, 0.25) is 5.91 Å². The lowest BCUT2D eigenvalue weighted by molar-refractivity contribution is -0.192. The number of carboxylic acid groups (broad SMARTS) is 1. The van der Waals surface area contributed by atoms with Gasteiger partial charge in [0, 0.05) is 25.4 Å². The van der Waals surface area contributed by atoms with Gasteiger partial charge >= 0.3 is 11.9 Å². The van der Waals surface area contributed by atoms with E-state index < -0.39 is 34.9 Å². The van der Waals surface area contributed by atoms with E-state index in [0.717, 1.165) is 9.58 Å². The smallest absolute Gasteiger partial charge is 0.352 e. The summed E-state index contributed by atoms with van der Waals surface area (Å²) in [5.41, 5.74) is -1.72. The van der Waals surface area contributed by atoms with Gasteiger partial charge in [-0.15, -0.1) is 16.9 Å². The van der Waals surface area contributed by atoms with Gasteiger partial charge in [-0.1, -0.05) is 0 Å². The molecule has 28 heavy (non-hydrogen) atoms. The number of carbonyl (C=O) groups is 4. The van der Waals surface area contributed by atoms with Gasteiger partial charge in [-0.3, -0.25) is 19.3 Å². The summed E-state index contributed by atoms with van der Waals surface area (Å²) in [6, 6.07) is 0. The van der Waals surface area contributed by atoms with Crippen molar-refractivity contribution in [3.8, 4) is 0 Å². The molecule has 0 spiro atoms. The molecule has 0 aromatic carbocycles. The highest BCUT2D eigenvalue weighted by atomic mass is 32.2. The summed E-state index contributed by atoms with van der Waals surface area (Å²) in [4.78, 5) is 48.9. The van der Waals surface area contributed by atoms with E-state index in [-0.39, 0.29) is 30.2 Å². The number of nitrogens with zero attached hydrogens (tertiary/aromatic N) is 5. The number of hydrogen-bond donors (Lipinski definition) is 2. The molecule has 2 aliphatic heterocycles. The van der Waals surface area contributed by atoms with Crippen LogP contribution in [-0.4, -0.2) is 84.5 Å². The third-order valence-electron chi connectivity index (χ3n) is 4.11. The maximum absolute atomic E-state index is 12.8. The largest absolute Gasteiger partial charge is 0.477 e. The van der Waals surface area contributed by atoms with Crippen LogP contribution in [-0.2, 0) is 35.2 Å². The predicted octanol–water partition coefficient (Wildman–Crippen LogP) is -2.05. The second-order valence-corrected chi connectivity index (χ2v) is 6.94. The van der Waals surface area contributed by atoms with Crippen molar-refractivity contribution in [2.45, 2.75) is 24.6 Å². The van der Waals surface area contributed by atoms with E-state index in [9.17, 15) is 24.3 Å². The van der Waals surface area contributed by atoms with Gasteiger partial charge in [0.25, 0.3) is 11.6 Å². The molecular formula is C14H16N6O7S. The van der Waals surface area contributed by atoms with Crippen LogP contribution >= 0.6 is 11.8 Å². The number of carbonyl (C=O) groups excluding carboxylic acids is 3. The monoisotopic (exact) mass is 412 g/mol. The van der Waals surface area contributed by atoms with E-state index in [1.54, 1.807) is 0 Å². The van der Waals surface area contributed by atoms with Crippen molar-refractivity contribution in [3.05, 3.63) is 17.6 Å². The molecule has 1 aromatic heterocycles. The maximum Gasteiger partial charge on any atom is 0.352 e. The number of rotatable bonds is 7. The van der Waals surface area contributed by atoms with Crippen molar-refractivity contribution in [1.82, 2.24) is 30.4 Å². The number of aliphatic carboxylic acids is 1. The first-order valence-electron chi connectivity index (χ1n) is 7.91. The van der Waals surface area contributed by atoms with Gasteiger partial charge in [-0.05, 0) is 10.4 Å². The highest BCUT2D eigenvalue weighted by Gasteiger charge is 2.66. The molecule has 2 atom stereocenters. The van der Waals surface area contributed by atoms with E-state index >= 15 is 0 Å². The molecule has 1 saturated heterocycles. The van der Waals surface area contributed by atoms with E-state index in [1.165, 1.54) is 32.1 Å². The molecule has 3 rings (SSSR count). The number of β-lactam (4-membered cyclic amide) rings is 1. The Morgan fingerprint density at radius 2 is 2.21 bits per heavy atom. The maximum atomic E-state index is 12.8. The molecule has 3 heterocycles. The van der Waals surface area contributed by atoms with E-state index in [0.29, 0.717) is 0 Å². The van der Waals surface area contributed by atoms with Crippen molar-refractivity contribution in [1.29, 1.82) is 0 Å². The van der Waals surface area contributed by atoms with Crippen LogP contribution in [0.15, 0.2) is 17.6 Å². The van der Waals surface area contributed by atoms with E-state index in [2.05, 4.69) is 20.8 Å². The number of methoxy groups -OCH3 is 1.